The minimum atomic E-state index is -0.478. The van der Waals surface area contributed by atoms with Crippen LogP contribution in [0.15, 0.2) is 12.3 Å². The molecule has 1 aliphatic carbocycles. The van der Waals surface area contributed by atoms with E-state index in [1.165, 1.54) is 25.7 Å². The molecule has 94 valence electrons. The van der Waals surface area contributed by atoms with E-state index in [-0.39, 0.29) is 0 Å². The summed E-state index contributed by atoms with van der Waals surface area (Å²) in [6, 6.07) is 2.74. The van der Waals surface area contributed by atoms with Gasteiger partial charge in [0.15, 0.2) is 0 Å². The Hall–Kier alpha value is -0.870. The van der Waals surface area contributed by atoms with E-state index in [1.807, 2.05) is 6.92 Å². The molecule has 4 nitrogen and oxygen atoms in total. The van der Waals surface area contributed by atoms with E-state index in [9.17, 15) is 5.11 Å². The Morgan fingerprint density at radius 2 is 2.12 bits per heavy atom. The van der Waals surface area contributed by atoms with E-state index in [0.717, 1.165) is 25.3 Å². The summed E-state index contributed by atoms with van der Waals surface area (Å²) in [7, 11) is 0. The fraction of sp³-hybridized carbons (Fsp3) is 0.769. The zero-order valence-corrected chi connectivity index (χ0v) is 10.5. The van der Waals surface area contributed by atoms with E-state index in [2.05, 4.69) is 26.9 Å². The van der Waals surface area contributed by atoms with E-state index in [0.29, 0.717) is 6.04 Å². The highest BCUT2D eigenvalue weighted by Gasteiger charge is 2.36. The van der Waals surface area contributed by atoms with Crippen LogP contribution in [0.1, 0.15) is 44.3 Å². The Morgan fingerprint density at radius 1 is 1.41 bits per heavy atom. The van der Waals surface area contributed by atoms with Gasteiger partial charge in [-0.25, -0.2) is 0 Å². The lowest BCUT2D eigenvalue weighted by Crippen LogP contribution is -2.59. The Bertz CT molecular complexity index is 385. The smallest absolute Gasteiger partial charge is 0.0872 e. The topological polar surface area (TPSA) is 41.3 Å². The van der Waals surface area contributed by atoms with Crippen LogP contribution in [0, 0.1) is 0 Å². The molecule has 2 aliphatic rings. The summed E-state index contributed by atoms with van der Waals surface area (Å²) in [5.41, 5.74) is 0.654. The predicted octanol–water partition coefficient (Wildman–Crippen LogP) is 1.56. The average Bonchev–Trinajstić information content (AvgIpc) is 2.82. The van der Waals surface area contributed by atoms with Crippen molar-refractivity contribution in [3.8, 4) is 0 Å². The summed E-state index contributed by atoms with van der Waals surface area (Å²) in [6.45, 7) is 4.29. The summed E-state index contributed by atoms with van der Waals surface area (Å²) >= 11 is 0. The molecule has 0 atom stereocenters. The molecule has 0 spiro atoms. The molecular weight excluding hydrogens is 214 g/mol. The van der Waals surface area contributed by atoms with Crippen LogP contribution in [0.4, 0.5) is 0 Å². The Morgan fingerprint density at radius 3 is 2.76 bits per heavy atom. The standard InChI is InChI=1S/C13H21N3O/c1-13(17)9-15(10-13)8-11-6-7-16(14-11)12-4-2-3-5-12/h6-7,12,17H,2-5,8-10H2,1H3. The van der Waals surface area contributed by atoms with Crippen LogP contribution in [0.5, 0.6) is 0 Å². The maximum Gasteiger partial charge on any atom is 0.0872 e. The van der Waals surface area contributed by atoms with Gasteiger partial charge in [-0.15, -0.1) is 0 Å². The molecule has 17 heavy (non-hydrogen) atoms. The number of nitrogens with zero attached hydrogens (tertiary/aromatic N) is 3. The van der Waals surface area contributed by atoms with Gasteiger partial charge in [-0.1, -0.05) is 12.8 Å². The SMILES string of the molecule is CC1(O)CN(Cc2ccn(C3CCCC3)n2)C1. The Labute approximate surface area is 102 Å². The molecule has 0 unspecified atom stereocenters. The second kappa shape index (κ2) is 4.10. The van der Waals surface area contributed by atoms with Gasteiger partial charge in [0, 0.05) is 25.8 Å². The number of aliphatic hydroxyl groups is 1. The number of hydrogen-bond donors (Lipinski definition) is 1. The van der Waals surface area contributed by atoms with E-state index >= 15 is 0 Å². The minimum absolute atomic E-state index is 0.478. The number of β-amino-alcohol motifs (C(OH)–C–C–N with tert-alkyl or cyclic N) is 1. The molecule has 1 aliphatic heterocycles. The number of aromatic nitrogens is 2. The second-order valence-corrected chi connectivity index (χ2v) is 5.87. The zero-order valence-electron chi connectivity index (χ0n) is 10.5. The molecule has 2 heterocycles. The molecule has 1 aromatic rings. The minimum Gasteiger partial charge on any atom is -0.388 e. The molecule has 0 bridgehead atoms. The molecule has 0 aromatic carbocycles. The van der Waals surface area contributed by atoms with Crippen molar-refractivity contribution < 1.29 is 5.11 Å². The van der Waals surface area contributed by atoms with E-state index < -0.39 is 5.60 Å². The second-order valence-electron chi connectivity index (χ2n) is 5.87. The molecular formula is C13H21N3O. The number of hydrogen-bond acceptors (Lipinski definition) is 3. The molecule has 2 fully saturated rings. The normalized spacial score (nSPS) is 25.1. The quantitative estimate of drug-likeness (QED) is 0.864. The van der Waals surface area contributed by atoms with Gasteiger partial charge in [0.2, 0.25) is 0 Å². The molecule has 0 amide bonds. The molecule has 1 saturated heterocycles. The van der Waals surface area contributed by atoms with Crippen LogP contribution in [0.2, 0.25) is 0 Å². The van der Waals surface area contributed by atoms with Gasteiger partial charge in [0.25, 0.3) is 0 Å². The third-order valence-electron chi connectivity index (χ3n) is 3.88. The van der Waals surface area contributed by atoms with Gasteiger partial charge in [-0.05, 0) is 25.8 Å². The van der Waals surface area contributed by atoms with Crippen molar-refractivity contribution in [1.82, 2.24) is 14.7 Å². The van der Waals surface area contributed by atoms with Gasteiger partial charge in [0.05, 0.1) is 17.3 Å². The van der Waals surface area contributed by atoms with Gasteiger partial charge in [0.1, 0.15) is 0 Å². The fourth-order valence-corrected chi connectivity index (χ4v) is 3.09. The number of rotatable bonds is 3. The first-order valence-electron chi connectivity index (χ1n) is 6.61. The lowest BCUT2D eigenvalue weighted by Gasteiger charge is -2.43. The van der Waals surface area contributed by atoms with Gasteiger partial charge in [-0.2, -0.15) is 5.10 Å². The van der Waals surface area contributed by atoms with Crippen LogP contribution < -0.4 is 0 Å². The molecule has 3 rings (SSSR count). The van der Waals surface area contributed by atoms with Crippen molar-refractivity contribution in [3.63, 3.8) is 0 Å². The highest BCUT2D eigenvalue weighted by atomic mass is 16.3. The zero-order chi connectivity index (χ0) is 11.9. The van der Waals surface area contributed by atoms with Crippen molar-refractivity contribution in [2.24, 2.45) is 0 Å². The van der Waals surface area contributed by atoms with Crippen LogP contribution in [0.25, 0.3) is 0 Å². The monoisotopic (exact) mass is 235 g/mol. The molecule has 1 saturated carbocycles. The van der Waals surface area contributed by atoms with Crippen LogP contribution in [-0.2, 0) is 6.54 Å². The van der Waals surface area contributed by atoms with Crippen molar-refractivity contribution in [1.29, 1.82) is 0 Å². The van der Waals surface area contributed by atoms with Gasteiger partial charge in [-0.3, -0.25) is 9.58 Å². The predicted molar refractivity (Wildman–Crippen MR) is 65.6 cm³/mol. The third-order valence-corrected chi connectivity index (χ3v) is 3.88. The first-order valence-corrected chi connectivity index (χ1v) is 6.61. The third kappa shape index (κ3) is 2.38. The van der Waals surface area contributed by atoms with Gasteiger partial charge < -0.3 is 5.11 Å². The van der Waals surface area contributed by atoms with Crippen molar-refractivity contribution >= 4 is 0 Å². The van der Waals surface area contributed by atoms with E-state index in [1.54, 1.807) is 0 Å². The summed E-state index contributed by atoms with van der Waals surface area (Å²) in [6.07, 6.45) is 7.35. The summed E-state index contributed by atoms with van der Waals surface area (Å²) in [5.74, 6) is 0. The lowest BCUT2D eigenvalue weighted by molar-refractivity contribution is -0.0876. The lowest BCUT2D eigenvalue weighted by atomic mass is 9.97. The number of likely N-dealkylation sites (tertiary alicyclic amines) is 1. The summed E-state index contributed by atoms with van der Waals surface area (Å²) < 4.78 is 2.14. The summed E-state index contributed by atoms with van der Waals surface area (Å²) in [4.78, 5) is 2.24. The van der Waals surface area contributed by atoms with Crippen molar-refractivity contribution in [2.75, 3.05) is 13.1 Å². The Balaban J connectivity index is 1.57. The molecule has 1 N–H and O–H groups in total. The fourth-order valence-electron chi connectivity index (χ4n) is 3.09. The first-order chi connectivity index (χ1) is 8.12. The maximum atomic E-state index is 9.67. The molecule has 4 heteroatoms. The highest BCUT2D eigenvalue weighted by molar-refractivity contribution is 5.03. The first kappa shape index (κ1) is 11.2. The van der Waals surface area contributed by atoms with Gasteiger partial charge >= 0.3 is 0 Å². The van der Waals surface area contributed by atoms with E-state index in [4.69, 9.17) is 0 Å². The molecule has 1 aromatic heterocycles. The Kier molecular flexibility index (Phi) is 2.71. The van der Waals surface area contributed by atoms with Crippen LogP contribution >= 0.6 is 0 Å². The average molecular weight is 235 g/mol. The van der Waals surface area contributed by atoms with Crippen LogP contribution in [0.3, 0.4) is 0 Å². The highest BCUT2D eigenvalue weighted by Crippen LogP contribution is 2.29. The van der Waals surface area contributed by atoms with Crippen molar-refractivity contribution in [3.05, 3.63) is 18.0 Å². The molecule has 0 radical (unpaired) electrons. The summed E-state index contributed by atoms with van der Waals surface area (Å²) in [5, 5.41) is 14.3. The van der Waals surface area contributed by atoms with Crippen molar-refractivity contribution in [2.45, 2.75) is 50.8 Å². The largest absolute Gasteiger partial charge is 0.388 e. The maximum absolute atomic E-state index is 9.67. The van der Waals surface area contributed by atoms with Crippen LogP contribution in [-0.4, -0.2) is 38.5 Å².